The molecule has 0 aliphatic carbocycles. The number of ether oxygens (including phenoxy) is 1. The van der Waals surface area contributed by atoms with Crippen LogP contribution in [-0.4, -0.2) is 50.6 Å². The van der Waals surface area contributed by atoms with E-state index >= 15 is 0 Å². The molecule has 5 nitrogen and oxygen atoms in total. The first-order valence-corrected chi connectivity index (χ1v) is 10.6. The Balaban J connectivity index is 1.40. The van der Waals surface area contributed by atoms with Crippen LogP contribution >= 0.6 is 0 Å². The zero-order chi connectivity index (χ0) is 20.2. The Kier molecular flexibility index (Phi) is 6.05. The Morgan fingerprint density at radius 1 is 1.14 bits per heavy atom. The fourth-order valence-electron chi connectivity index (χ4n) is 4.43. The highest BCUT2D eigenvalue weighted by molar-refractivity contribution is 5.77. The first-order valence-electron chi connectivity index (χ1n) is 10.6. The maximum absolute atomic E-state index is 12.4. The van der Waals surface area contributed by atoms with Crippen molar-refractivity contribution in [3.63, 3.8) is 0 Å². The number of para-hydroxylation sites is 1. The number of carbonyl (C=O) groups is 1. The van der Waals surface area contributed by atoms with E-state index in [1.54, 1.807) is 0 Å². The first kappa shape index (κ1) is 19.8. The van der Waals surface area contributed by atoms with Crippen molar-refractivity contribution in [2.24, 2.45) is 0 Å². The molecule has 1 N–H and O–H groups in total. The third-order valence-electron chi connectivity index (χ3n) is 6.14. The molecule has 0 radical (unpaired) electrons. The fourth-order valence-corrected chi connectivity index (χ4v) is 4.43. The van der Waals surface area contributed by atoms with Crippen molar-refractivity contribution in [1.29, 1.82) is 0 Å². The second-order valence-electron chi connectivity index (χ2n) is 8.18. The van der Waals surface area contributed by atoms with E-state index in [-0.39, 0.29) is 18.6 Å². The van der Waals surface area contributed by atoms with E-state index in [4.69, 9.17) is 4.74 Å². The van der Waals surface area contributed by atoms with Gasteiger partial charge in [0.05, 0.1) is 6.04 Å². The molecule has 1 atom stereocenters. The van der Waals surface area contributed by atoms with Gasteiger partial charge in [-0.25, -0.2) is 0 Å². The normalized spacial score (nSPS) is 17.2. The number of aryl methyl sites for hydroxylation is 1. The molecule has 2 aliphatic rings. The lowest BCUT2D eigenvalue weighted by atomic mass is 10.0. The molecule has 2 aromatic carbocycles. The number of likely N-dealkylation sites (tertiary alicyclic amines) is 1. The minimum Gasteiger partial charge on any atom is -0.484 e. The molecule has 2 heterocycles. The SMILES string of the molecule is Cc1ccccc1OCC(=O)NCC(c1ccc2c(c1)CCN2C)N1CCCC1. The summed E-state index contributed by atoms with van der Waals surface area (Å²) < 4.78 is 5.70. The van der Waals surface area contributed by atoms with Gasteiger partial charge in [0.25, 0.3) is 5.91 Å². The second-order valence-corrected chi connectivity index (χ2v) is 8.18. The number of benzene rings is 2. The van der Waals surface area contributed by atoms with Crippen molar-refractivity contribution in [1.82, 2.24) is 10.2 Å². The standard InChI is InChI=1S/C24H31N3O2/c1-18-7-3-4-8-23(18)29-17-24(28)25-16-22(27-12-5-6-13-27)19-9-10-21-20(15-19)11-14-26(21)2/h3-4,7-10,15,22H,5-6,11-14,16-17H2,1-2H3,(H,25,28). The van der Waals surface area contributed by atoms with Gasteiger partial charge in [0, 0.05) is 25.8 Å². The Labute approximate surface area is 173 Å². The van der Waals surface area contributed by atoms with E-state index in [0.29, 0.717) is 6.54 Å². The molecule has 0 aromatic heterocycles. The highest BCUT2D eigenvalue weighted by atomic mass is 16.5. The van der Waals surface area contributed by atoms with Crippen LogP contribution in [0.2, 0.25) is 0 Å². The van der Waals surface area contributed by atoms with Gasteiger partial charge in [0.1, 0.15) is 5.75 Å². The minimum atomic E-state index is -0.0710. The van der Waals surface area contributed by atoms with Gasteiger partial charge in [-0.15, -0.1) is 0 Å². The number of carbonyl (C=O) groups excluding carboxylic acids is 1. The van der Waals surface area contributed by atoms with Crippen molar-refractivity contribution in [3.8, 4) is 5.75 Å². The van der Waals surface area contributed by atoms with Crippen LogP contribution in [0.15, 0.2) is 42.5 Å². The average Bonchev–Trinajstić information content (AvgIpc) is 3.38. The Bertz CT molecular complexity index is 861. The molecule has 2 aromatic rings. The summed E-state index contributed by atoms with van der Waals surface area (Å²) in [6, 6.07) is 14.8. The Morgan fingerprint density at radius 3 is 2.72 bits per heavy atom. The maximum Gasteiger partial charge on any atom is 0.258 e. The number of anilines is 1. The van der Waals surface area contributed by atoms with Gasteiger partial charge in [-0.05, 0) is 68.1 Å². The topological polar surface area (TPSA) is 44.8 Å². The first-order chi connectivity index (χ1) is 14.1. The van der Waals surface area contributed by atoms with Crippen LogP contribution in [-0.2, 0) is 11.2 Å². The number of nitrogens with zero attached hydrogens (tertiary/aromatic N) is 2. The predicted molar refractivity (Wildman–Crippen MR) is 117 cm³/mol. The van der Waals surface area contributed by atoms with Crippen LogP contribution in [0.4, 0.5) is 5.69 Å². The molecule has 154 valence electrons. The molecule has 4 rings (SSSR count). The van der Waals surface area contributed by atoms with Gasteiger partial charge in [-0.2, -0.15) is 0 Å². The number of rotatable bonds is 7. The molecular weight excluding hydrogens is 362 g/mol. The molecule has 2 aliphatic heterocycles. The summed E-state index contributed by atoms with van der Waals surface area (Å²) in [5, 5.41) is 3.11. The van der Waals surface area contributed by atoms with Crippen molar-refractivity contribution in [2.75, 3.05) is 44.7 Å². The van der Waals surface area contributed by atoms with Crippen LogP contribution in [0.3, 0.4) is 0 Å². The maximum atomic E-state index is 12.4. The number of likely N-dealkylation sites (N-methyl/N-ethyl adjacent to an activating group) is 1. The summed E-state index contributed by atoms with van der Waals surface area (Å²) in [6.07, 6.45) is 3.56. The highest BCUT2D eigenvalue weighted by Gasteiger charge is 2.26. The highest BCUT2D eigenvalue weighted by Crippen LogP contribution is 2.32. The van der Waals surface area contributed by atoms with E-state index < -0.39 is 0 Å². The van der Waals surface area contributed by atoms with Crippen LogP contribution in [0.5, 0.6) is 5.75 Å². The Hall–Kier alpha value is -2.53. The summed E-state index contributed by atoms with van der Waals surface area (Å²) in [5.41, 5.74) is 5.10. The molecule has 0 bridgehead atoms. The predicted octanol–water partition coefficient (Wildman–Crippen LogP) is 3.32. The molecule has 1 fully saturated rings. The molecule has 0 spiro atoms. The fraction of sp³-hybridized carbons (Fsp3) is 0.458. The summed E-state index contributed by atoms with van der Waals surface area (Å²) in [4.78, 5) is 17.3. The quantitative estimate of drug-likeness (QED) is 0.784. The lowest BCUT2D eigenvalue weighted by Gasteiger charge is -2.29. The van der Waals surface area contributed by atoms with Gasteiger partial charge < -0.3 is 15.0 Å². The second kappa shape index (κ2) is 8.87. The molecule has 1 amide bonds. The summed E-state index contributed by atoms with van der Waals surface area (Å²) in [6.45, 7) is 5.92. The van der Waals surface area contributed by atoms with Crippen molar-refractivity contribution in [2.45, 2.75) is 32.2 Å². The molecule has 1 unspecified atom stereocenters. The number of hydrogen-bond acceptors (Lipinski definition) is 4. The summed E-state index contributed by atoms with van der Waals surface area (Å²) in [7, 11) is 2.15. The monoisotopic (exact) mass is 393 g/mol. The van der Waals surface area contributed by atoms with Gasteiger partial charge in [-0.3, -0.25) is 9.69 Å². The molecular formula is C24H31N3O2. The molecule has 5 heteroatoms. The molecule has 29 heavy (non-hydrogen) atoms. The number of nitrogens with one attached hydrogen (secondary N) is 1. The van der Waals surface area contributed by atoms with Crippen LogP contribution in [0, 0.1) is 6.92 Å². The van der Waals surface area contributed by atoms with Gasteiger partial charge in [0.2, 0.25) is 0 Å². The van der Waals surface area contributed by atoms with E-state index in [1.165, 1.54) is 29.7 Å². The minimum absolute atomic E-state index is 0.0482. The third-order valence-corrected chi connectivity index (χ3v) is 6.14. The van der Waals surface area contributed by atoms with E-state index in [2.05, 4.69) is 40.4 Å². The molecule has 0 saturated carbocycles. The Morgan fingerprint density at radius 2 is 1.93 bits per heavy atom. The van der Waals surface area contributed by atoms with Crippen molar-refractivity contribution in [3.05, 3.63) is 59.2 Å². The van der Waals surface area contributed by atoms with E-state index in [0.717, 1.165) is 37.4 Å². The lowest BCUT2D eigenvalue weighted by Crippen LogP contribution is -2.38. The van der Waals surface area contributed by atoms with Gasteiger partial charge >= 0.3 is 0 Å². The zero-order valence-electron chi connectivity index (χ0n) is 17.5. The lowest BCUT2D eigenvalue weighted by molar-refractivity contribution is -0.123. The van der Waals surface area contributed by atoms with E-state index in [9.17, 15) is 4.79 Å². The van der Waals surface area contributed by atoms with Crippen molar-refractivity contribution >= 4 is 11.6 Å². The van der Waals surface area contributed by atoms with E-state index in [1.807, 2.05) is 31.2 Å². The third kappa shape index (κ3) is 4.56. The number of amides is 1. The summed E-state index contributed by atoms with van der Waals surface area (Å²) in [5.74, 6) is 0.694. The number of hydrogen-bond donors (Lipinski definition) is 1. The van der Waals surface area contributed by atoms with Gasteiger partial charge in [0.15, 0.2) is 6.61 Å². The van der Waals surface area contributed by atoms with Crippen LogP contribution < -0.4 is 15.0 Å². The number of fused-ring (bicyclic) bond motifs is 1. The van der Waals surface area contributed by atoms with Gasteiger partial charge in [-0.1, -0.05) is 30.3 Å². The summed E-state index contributed by atoms with van der Waals surface area (Å²) >= 11 is 0. The van der Waals surface area contributed by atoms with Crippen LogP contribution in [0.1, 0.15) is 35.6 Å². The average molecular weight is 394 g/mol. The largest absolute Gasteiger partial charge is 0.484 e. The smallest absolute Gasteiger partial charge is 0.258 e. The zero-order valence-corrected chi connectivity index (χ0v) is 17.5. The van der Waals surface area contributed by atoms with Crippen molar-refractivity contribution < 1.29 is 9.53 Å². The molecule has 1 saturated heterocycles. The van der Waals surface area contributed by atoms with Crippen LogP contribution in [0.25, 0.3) is 0 Å².